The first kappa shape index (κ1) is 14.5. The van der Waals surface area contributed by atoms with E-state index in [-0.39, 0.29) is 0 Å². The Morgan fingerprint density at radius 2 is 1.86 bits per heavy atom. The fourth-order valence-electron chi connectivity index (χ4n) is 0.428. The van der Waals surface area contributed by atoms with Crippen molar-refractivity contribution in [3.05, 3.63) is 30.3 Å². The summed E-state index contributed by atoms with van der Waals surface area (Å²) in [6, 6.07) is 10.5. The molecule has 1 rings (SSSR count). The molecule has 0 aliphatic heterocycles. The van der Waals surface area contributed by atoms with Crippen LogP contribution in [0.2, 0.25) is 0 Å². The number of carbonyl (C=O) groups is 1. The minimum absolute atomic E-state index is 0.322. The largest absolute Gasteiger partial charge is 0.508 e. The van der Waals surface area contributed by atoms with Gasteiger partial charge in [-0.2, -0.15) is 5.26 Å². The minimum Gasteiger partial charge on any atom is -0.508 e. The molecule has 0 aliphatic rings. The zero-order chi connectivity index (χ0) is 11.2. The van der Waals surface area contributed by atoms with Crippen LogP contribution in [0, 0.1) is 11.3 Å². The van der Waals surface area contributed by atoms with Gasteiger partial charge < -0.3 is 5.11 Å². The number of hydrogen-bond donors (Lipinski definition) is 3. The number of phenols is 1. The summed E-state index contributed by atoms with van der Waals surface area (Å²) >= 11 is 0. The van der Waals surface area contributed by atoms with Gasteiger partial charge in [-0.05, 0) is 12.1 Å². The van der Waals surface area contributed by atoms with Crippen LogP contribution in [0.15, 0.2) is 30.3 Å². The fraction of sp³-hybridized carbons (Fsp3) is 0.111. The predicted molar refractivity (Wildman–Crippen MR) is 52.8 cm³/mol. The van der Waals surface area contributed by atoms with Crippen molar-refractivity contribution < 1.29 is 9.90 Å². The number of nitriles is 1. The quantitative estimate of drug-likeness (QED) is 0.263. The molecule has 0 unspecified atom stereocenters. The second kappa shape index (κ2) is 13.5. The third-order valence-corrected chi connectivity index (χ3v) is 0.824. The van der Waals surface area contributed by atoms with Gasteiger partial charge in [0.2, 0.25) is 6.41 Å². The molecule has 0 aliphatic carbocycles. The maximum atomic E-state index is 8.94. The fourth-order valence-corrected chi connectivity index (χ4v) is 0.428. The molecular formula is C9H13N3O2. The SMILES string of the molecule is CC#N.NNC=O.Oc1ccccc1. The maximum absolute atomic E-state index is 8.94. The van der Waals surface area contributed by atoms with Crippen LogP contribution in [0.1, 0.15) is 6.92 Å². The highest BCUT2D eigenvalue weighted by Gasteiger charge is 1.74. The summed E-state index contributed by atoms with van der Waals surface area (Å²) in [7, 11) is 0. The second-order valence-electron chi connectivity index (χ2n) is 1.84. The standard InChI is InChI=1S/C6H6O.C2H3N.CH4N2O/c7-6-4-2-1-3-5-6;1-2-3;2-3-1-4/h1-5,7H;1H3;1H,2H2,(H,3,4). The van der Waals surface area contributed by atoms with Gasteiger partial charge >= 0.3 is 0 Å². The average Bonchev–Trinajstić information content (AvgIpc) is 2.21. The maximum Gasteiger partial charge on any atom is 0.221 e. The van der Waals surface area contributed by atoms with E-state index in [4.69, 9.17) is 15.2 Å². The van der Waals surface area contributed by atoms with E-state index >= 15 is 0 Å². The van der Waals surface area contributed by atoms with E-state index in [1.165, 1.54) is 6.92 Å². The minimum atomic E-state index is 0.322. The highest BCUT2D eigenvalue weighted by Crippen LogP contribution is 2.02. The van der Waals surface area contributed by atoms with Crippen LogP contribution >= 0.6 is 0 Å². The number of rotatable bonds is 1. The van der Waals surface area contributed by atoms with Crippen molar-refractivity contribution in [2.75, 3.05) is 0 Å². The van der Waals surface area contributed by atoms with Crippen molar-refractivity contribution in [3.8, 4) is 11.8 Å². The van der Waals surface area contributed by atoms with Crippen molar-refractivity contribution in [1.29, 1.82) is 5.26 Å². The Bertz CT molecular complexity index is 257. The lowest BCUT2D eigenvalue weighted by molar-refractivity contribution is -0.109. The topological polar surface area (TPSA) is 99.1 Å². The molecule has 0 saturated carbocycles. The molecule has 14 heavy (non-hydrogen) atoms. The van der Waals surface area contributed by atoms with Gasteiger partial charge in [0, 0.05) is 6.92 Å². The smallest absolute Gasteiger partial charge is 0.221 e. The first-order valence-corrected chi connectivity index (χ1v) is 3.67. The van der Waals surface area contributed by atoms with Gasteiger partial charge in [-0.15, -0.1) is 0 Å². The molecule has 5 nitrogen and oxygen atoms in total. The zero-order valence-corrected chi connectivity index (χ0v) is 7.84. The van der Waals surface area contributed by atoms with Crippen molar-refractivity contribution in [2.45, 2.75) is 6.92 Å². The molecule has 0 aromatic heterocycles. The number of benzene rings is 1. The highest BCUT2D eigenvalue weighted by atomic mass is 16.3. The first-order chi connectivity index (χ1) is 6.72. The van der Waals surface area contributed by atoms with E-state index in [0.717, 1.165) is 0 Å². The van der Waals surface area contributed by atoms with Gasteiger partial charge in [0.25, 0.3) is 0 Å². The van der Waals surface area contributed by atoms with Crippen molar-refractivity contribution in [1.82, 2.24) is 5.43 Å². The number of aromatic hydroxyl groups is 1. The number of hydrogen-bond acceptors (Lipinski definition) is 4. The Kier molecular flexibility index (Phi) is 14.0. The first-order valence-electron chi connectivity index (χ1n) is 3.67. The molecule has 0 spiro atoms. The Morgan fingerprint density at radius 3 is 2.00 bits per heavy atom. The third kappa shape index (κ3) is 16.5. The van der Waals surface area contributed by atoms with Crippen LogP contribution in [-0.2, 0) is 4.79 Å². The Morgan fingerprint density at radius 1 is 1.50 bits per heavy atom. The normalized spacial score (nSPS) is 6.36. The lowest BCUT2D eigenvalue weighted by Gasteiger charge is -1.82. The summed E-state index contributed by atoms with van der Waals surface area (Å²) in [4.78, 5) is 8.94. The molecular weight excluding hydrogens is 182 g/mol. The Hall–Kier alpha value is -2.06. The van der Waals surface area contributed by atoms with Crippen LogP contribution in [0.3, 0.4) is 0 Å². The molecule has 1 aromatic carbocycles. The lowest BCUT2D eigenvalue weighted by atomic mass is 10.3. The molecule has 1 aromatic rings. The summed E-state index contributed by atoms with van der Waals surface area (Å²) in [5.74, 6) is 4.73. The number of nitrogens with zero attached hydrogens (tertiary/aromatic N) is 1. The van der Waals surface area contributed by atoms with E-state index in [2.05, 4.69) is 5.84 Å². The van der Waals surface area contributed by atoms with E-state index in [9.17, 15) is 0 Å². The van der Waals surface area contributed by atoms with Gasteiger partial charge in [0.1, 0.15) is 5.75 Å². The summed E-state index contributed by atoms with van der Waals surface area (Å²) in [5, 5.41) is 16.0. The van der Waals surface area contributed by atoms with Crippen molar-refractivity contribution in [3.63, 3.8) is 0 Å². The Labute approximate surface area is 82.7 Å². The van der Waals surface area contributed by atoms with Gasteiger partial charge in [0.05, 0.1) is 6.07 Å². The van der Waals surface area contributed by atoms with Crippen molar-refractivity contribution >= 4 is 6.41 Å². The number of para-hydroxylation sites is 1. The zero-order valence-electron chi connectivity index (χ0n) is 7.84. The van der Waals surface area contributed by atoms with Crippen LogP contribution in [0.25, 0.3) is 0 Å². The molecule has 76 valence electrons. The summed E-state index contributed by atoms with van der Waals surface area (Å²) < 4.78 is 0. The molecule has 0 heterocycles. The monoisotopic (exact) mass is 195 g/mol. The van der Waals surface area contributed by atoms with Gasteiger partial charge in [-0.25, -0.2) is 5.84 Å². The number of carbonyl (C=O) groups excluding carboxylic acids is 1. The molecule has 1 amide bonds. The summed E-state index contributed by atoms with van der Waals surface area (Å²) in [6.45, 7) is 1.43. The molecule has 5 heteroatoms. The van der Waals surface area contributed by atoms with Crippen LogP contribution in [0.4, 0.5) is 0 Å². The lowest BCUT2D eigenvalue weighted by Crippen LogP contribution is -2.18. The van der Waals surface area contributed by atoms with Crippen LogP contribution in [-0.4, -0.2) is 11.5 Å². The number of phenolic OH excluding ortho intramolecular Hbond substituents is 1. The van der Waals surface area contributed by atoms with Crippen LogP contribution < -0.4 is 11.3 Å². The van der Waals surface area contributed by atoms with E-state index in [1.807, 2.05) is 6.07 Å². The molecule has 0 bridgehead atoms. The molecule has 0 saturated heterocycles. The predicted octanol–water partition coefficient (Wildman–Crippen LogP) is 0.528. The van der Waals surface area contributed by atoms with Gasteiger partial charge in [0.15, 0.2) is 0 Å². The van der Waals surface area contributed by atoms with Gasteiger partial charge in [-0.1, -0.05) is 18.2 Å². The van der Waals surface area contributed by atoms with Crippen molar-refractivity contribution in [2.24, 2.45) is 5.84 Å². The summed E-state index contributed by atoms with van der Waals surface area (Å²) in [6.07, 6.45) is 0.403. The van der Waals surface area contributed by atoms with E-state index in [1.54, 1.807) is 35.8 Å². The van der Waals surface area contributed by atoms with Gasteiger partial charge in [-0.3, -0.25) is 10.2 Å². The highest BCUT2D eigenvalue weighted by molar-refractivity contribution is 5.44. The second-order valence-corrected chi connectivity index (χ2v) is 1.84. The third-order valence-electron chi connectivity index (χ3n) is 0.824. The Balaban J connectivity index is 0. The van der Waals surface area contributed by atoms with E-state index < -0.39 is 0 Å². The molecule has 0 atom stereocenters. The number of nitrogens with one attached hydrogen (secondary N) is 1. The molecule has 0 radical (unpaired) electrons. The molecule has 0 fully saturated rings. The molecule has 4 N–H and O–H groups in total. The summed E-state index contributed by atoms with van der Waals surface area (Å²) in [5.41, 5.74) is 1.75. The average molecular weight is 195 g/mol. The number of hydrazine groups is 1. The van der Waals surface area contributed by atoms with Crippen LogP contribution in [0.5, 0.6) is 5.75 Å². The van der Waals surface area contributed by atoms with E-state index in [0.29, 0.717) is 12.2 Å². The number of amides is 1. The number of nitrogens with two attached hydrogens (primary N) is 1.